The molecular formula is C24H28F4N4O2S. The molecule has 1 aromatic carbocycles. The van der Waals surface area contributed by atoms with Crippen molar-refractivity contribution in [2.24, 2.45) is 5.41 Å². The maximum absolute atomic E-state index is 15.6. The molecule has 190 valence electrons. The van der Waals surface area contributed by atoms with Gasteiger partial charge in [0, 0.05) is 37.9 Å². The van der Waals surface area contributed by atoms with Gasteiger partial charge in [0.15, 0.2) is 11.6 Å². The van der Waals surface area contributed by atoms with Crippen LogP contribution < -0.4 is 10.2 Å². The highest BCUT2D eigenvalue weighted by Crippen LogP contribution is 2.55. The molecule has 2 aliphatic carbocycles. The summed E-state index contributed by atoms with van der Waals surface area (Å²) in [5.41, 5.74) is 0.310. The molecule has 2 heterocycles. The Hall–Kier alpha value is -2.40. The van der Waals surface area contributed by atoms with E-state index in [0.29, 0.717) is 30.9 Å². The van der Waals surface area contributed by atoms with Gasteiger partial charge in [0.05, 0.1) is 17.5 Å². The molecule has 0 radical (unpaired) electrons. The first-order valence-electron chi connectivity index (χ1n) is 11.8. The lowest BCUT2D eigenvalue weighted by Gasteiger charge is -2.31. The van der Waals surface area contributed by atoms with Crippen molar-refractivity contribution in [2.45, 2.75) is 56.9 Å². The Kier molecular flexibility index (Phi) is 5.98. The summed E-state index contributed by atoms with van der Waals surface area (Å²) < 4.78 is 79.3. The quantitative estimate of drug-likeness (QED) is 0.548. The Morgan fingerprint density at radius 3 is 2.37 bits per heavy atom. The van der Waals surface area contributed by atoms with Crippen LogP contribution in [0.5, 0.6) is 0 Å². The largest absolute Gasteiger partial charge is 0.416 e. The Bertz CT molecular complexity index is 1190. The van der Waals surface area contributed by atoms with Crippen LogP contribution in [0, 0.1) is 11.2 Å². The summed E-state index contributed by atoms with van der Waals surface area (Å²) in [7, 11) is -3.21. The summed E-state index contributed by atoms with van der Waals surface area (Å²) in [6.07, 6.45) is 2.45. The van der Waals surface area contributed by atoms with E-state index in [1.54, 1.807) is 12.3 Å². The molecule has 0 bridgehead atoms. The number of nitrogens with zero attached hydrogens (tertiary/aromatic N) is 3. The molecule has 1 saturated heterocycles. The molecule has 2 aromatic rings. The van der Waals surface area contributed by atoms with Gasteiger partial charge < -0.3 is 10.2 Å². The summed E-state index contributed by atoms with van der Waals surface area (Å²) in [6, 6.07) is 6.76. The van der Waals surface area contributed by atoms with Gasteiger partial charge in [0.25, 0.3) is 0 Å². The van der Waals surface area contributed by atoms with Crippen LogP contribution >= 0.6 is 0 Å². The van der Waals surface area contributed by atoms with Gasteiger partial charge in [-0.25, -0.2) is 22.1 Å². The smallest absolute Gasteiger partial charge is 0.364 e. The monoisotopic (exact) mass is 512 g/mol. The van der Waals surface area contributed by atoms with E-state index in [-0.39, 0.29) is 23.3 Å². The van der Waals surface area contributed by atoms with Gasteiger partial charge in [0.1, 0.15) is 0 Å². The maximum Gasteiger partial charge on any atom is 0.416 e. The first-order valence-corrected chi connectivity index (χ1v) is 13.6. The number of halogens is 4. The lowest BCUT2D eigenvalue weighted by molar-refractivity contribution is -0.137. The Labute approximate surface area is 202 Å². The normalized spacial score (nSPS) is 22.3. The molecule has 3 fully saturated rings. The number of benzene rings is 1. The van der Waals surface area contributed by atoms with E-state index in [1.807, 2.05) is 4.90 Å². The molecule has 5 rings (SSSR count). The van der Waals surface area contributed by atoms with E-state index < -0.39 is 27.6 Å². The van der Waals surface area contributed by atoms with Gasteiger partial charge in [0.2, 0.25) is 10.0 Å². The molecule has 1 atom stereocenters. The predicted molar refractivity (Wildman–Crippen MR) is 125 cm³/mol. The van der Waals surface area contributed by atoms with Crippen molar-refractivity contribution in [2.75, 3.05) is 29.6 Å². The van der Waals surface area contributed by atoms with Crippen LogP contribution in [0.3, 0.4) is 0 Å². The fourth-order valence-electron chi connectivity index (χ4n) is 5.08. The maximum atomic E-state index is 15.6. The van der Waals surface area contributed by atoms with E-state index in [9.17, 15) is 21.6 Å². The molecule has 3 aliphatic rings. The van der Waals surface area contributed by atoms with Gasteiger partial charge >= 0.3 is 6.18 Å². The third-order valence-corrected chi connectivity index (χ3v) is 8.79. The summed E-state index contributed by atoms with van der Waals surface area (Å²) in [6.45, 7) is 1.24. The van der Waals surface area contributed by atoms with E-state index >= 15 is 4.39 Å². The minimum absolute atomic E-state index is 0.0331. The SMILES string of the molecule is CS(=O)(=O)N1CCC2(CC1)CC2Nc1nccc(N(Cc2ccc(C(F)(F)F)cc2)C2CC2)c1F. The van der Waals surface area contributed by atoms with Crippen molar-refractivity contribution in [1.29, 1.82) is 0 Å². The van der Waals surface area contributed by atoms with Crippen LogP contribution in [-0.2, 0) is 22.7 Å². The Morgan fingerprint density at radius 1 is 1.14 bits per heavy atom. The number of sulfonamides is 1. The van der Waals surface area contributed by atoms with Crippen LogP contribution in [0.4, 0.5) is 29.1 Å². The van der Waals surface area contributed by atoms with Crippen molar-refractivity contribution in [1.82, 2.24) is 9.29 Å². The first-order chi connectivity index (χ1) is 16.5. The standard InChI is InChI=1S/C24H28F4N4O2S/c1-35(33,34)31-12-9-23(10-13-31)14-20(23)30-22-21(25)19(8-11-29-22)32(18-6-7-18)15-16-2-4-17(5-3-16)24(26,27)28/h2-5,8,11,18,20H,6-7,9-10,12-15H2,1H3,(H,29,30). The fraction of sp³-hybridized carbons (Fsp3) is 0.542. The highest BCUT2D eigenvalue weighted by molar-refractivity contribution is 7.88. The van der Waals surface area contributed by atoms with E-state index in [2.05, 4.69) is 10.3 Å². The molecule has 1 aliphatic heterocycles. The van der Waals surface area contributed by atoms with Crippen LogP contribution in [0.25, 0.3) is 0 Å². The zero-order chi connectivity index (χ0) is 25.0. The van der Waals surface area contributed by atoms with Crippen molar-refractivity contribution < 1.29 is 26.0 Å². The van der Waals surface area contributed by atoms with Gasteiger partial charge in [-0.15, -0.1) is 0 Å². The fourth-order valence-corrected chi connectivity index (χ4v) is 5.93. The number of anilines is 2. The van der Waals surface area contributed by atoms with Gasteiger partial charge in [-0.05, 0) is 61.3 Å². The first kappa shape index (κ1) is 24.3. The number of rotatable bonds is 7. The minimum atomic E-state index is -4.39. The number of hydrogen-bond donors (Lipinski definition) is 1. The van der Waals surface area contributed by atoms with Crippen molar-refractivity contribution >= 4 is 21.5 Å². The summed E-state index contributed by atoms with van der Waals surface area (Å²) in [4.78, 5) is 6.12. The van der Waals surface area contributed by atoms with Crippen molar-refractivity contribution in [3.05, 3.63) is 53.5 Å². The number of pyridine rings is 1. The average Bonchev–Trinajstić information content (AvgIpc) is 3.72. The van der Waals surface area contributed by atoms with Crippen LogP contribution in [0.2, 0.25) is 0 Å². The van der Waals surface area contributed by atoms with E-state index in [0.717, 1.165) is 44.2 Å². The highest BCUT2D eigenvalue weighted by Gasteiger charge is 2.56. The molecule has 2 saturated carbocycles. The van der Waals surface area contributed by atoms with Crippen LogP contribution in [0.15, 0.2) is 36.5 Å². The number of alkyl halides is 3. The number of piperidine rings is 1. The molecule has 0 amide bonds. The van der Waals surface area contributed by atoms with Gasteiger partial charge in [-0.3, -0.25) is 0 Å². The summed E-state index contributed by atoms with van der Waals surface area (Å²) in [5.74, 6) is -0.310. The highest BCUT2D eigenvalue weighted by atomic mass is 32.2. The molecule has 1 N–H and O–H groups in total. The topological polar surface area (TPSA) is 65.5 Å². The summed E-state index contributed by atoms with van der Waals surface area (Å²) in [5, 5.41) is 3.24. The molecule has 1 spiro atoms. The second kappa shape index (κ2) is 8.62. The Morgan fingerprint density at radius 2 is 1.80 bits per heavy atom. The summed E-state index contributed by atoms with van der Waals surface area (Å²) >= 11 is 0. The molecule has 6 nitrogen and oxygen atoms in total. The second-order valence-corrected chi connectivity index (χ2v) is 12.0. The average molecular weight is 513 g/mol. The number of aromatic nitrogens is 1. The van der Waals surface area contributed by atoms with E-state index in [1.165, 1.54) is 22.7 Å². The molecular weight excluding hydrogens is 484 g/mol. The zero-order valence-corrected chi connectivity index (χ0v) is 20.2. The lowest BCUT2D eigenvalue weighted by Crippen LogP contribution is -2.39. The Balaban J connectivity index is 1.29. The second-order valence-electron chi connectivity index (χ2n) is 9.97. The molecule has 1 unspecified atom stereocenters. The third kappa shape index (κ3) is 5.11. The predicted octanol–water partition coefficient (Wildman–Crippen LogP) is 4.63. The number of hydrogen-bond acceptors (Lipinski definition) is 5. The van der Waals surface area contributed by atoms with Gasteiger partial charge in [-0.2, -0.15) is 13.2 Å². The zero-order valence-electron chi connectivity index (χ0n) is 19.4. The lowest BCUT2D eigenvalue weighted by atomic mass is 9.94. The molecule has 1 aromatic heterocycles. The molecule has 11 heteroatoms. The van der Waals surface area contributed by atoms with E-state index in [4.69, 9.17) is 0 Å². The van der Waals surface area contributed by atoms with Crippen molar-refractivity contribution in [3.8, 4) is 0 Å². The number of nitrogens with one attached hydrogen (secondary N) is 1. The minimum Gasteiger partial charge on any atom is -0.364 e. The van der Waals surface area contributed by atoms with Crippen molar-refractivity contribution in [3.63, 3.8) is 0 Å². The van der Waals surface area contributed by atoms with Crippen LogP contribution in [0.1, 0.15) is 43.2 Å². The third-order valence-electron chi connectivity index (χ3n) is 7.49. The van der Waals surface area contributed by atoms with Crippen LogP contribution in [-0.4, -0.2) is 49.1 Å². The molecule has 35 heavy (non-hydrogen) atoms. The van der Waals surface area contributed by atoms with Gasteiger partial charge in [-0.1, -0.05) is 12.1 Å².